The molecule has 2 saturated heterocycles. The monoisotopic (exact) mass is 534 g/mol. The predicted octanol–water partition coefficient (Wildman–Crippen LogP) is 4.09. The number of aromatic amines is 1. The molecule has 9 nitrogen and oxygen atoms in total. The highest BCUT2D eigenvalue weighted by Crippen LogP contribution is 2.31. The second-order valence-corrected chi connectivity index (χ2v) is 11.3. The summed E-state index contributed by atoms with van der Waals surface area (Å²) < 4.78 is 13.8. The lowest BCUT2D eigenvalue weighted by molar-refractivity contribution is 0.0559. The number of aryl methyl sites for hydroxylation is 1. The maximum absolute atomic E-state index is 13.7. The van der Waals surface area contributed by atoms with E-state index in [9.17, 15) is 4.79 Å². The molecule has 6 rings (SSSR count). The van der Waals surface area contributed by atoms with Crippen molar-refractivity contribution < 1.29 is 9.47 Å². The molecule has 2 fully saturated rings. The summed E-state index contributed by atoms with van der Waals surface area (Å²) in [6.07, 6.45) is 5.18. The molecule has 0 radical (unpaired) electrons. The molecule has 2 aliphatic rings. The summed E-state index contributed by atoms with van der Waals surface area (Å²) in [5.41, 5.74) is 2.58. The van der Waals surface area contributed by atoms with Crippen LogP contribution < -0.4 is 5.56 Å². The van der Waals surface area contributed by atoms with Gasteiger partial charge in [-0.1, -0.05) is 19.1 Å². The zero-order chi connectivity index (χ0) is 25.9. The highest BCUT2D eigenvalue weighted by molar-refractivity contribution is 7.09. The Balaban J connectivity index is 1.47. The normalized spacial score (nSPS) is 20.6. The first-order chi connectivity index (χ1) is 18.7. The molecular formula is C28H34N6O3S. The summed E-state index contributed by atoms with van der Waals surface area (Å²) in [5, 5.41) is 16.1. The van der Waals surface area contributed by atoms with Crippen molar-refractivity contribution in [2.75, 3.05) is 19.8 Å². The third kappa shape index (κ3) is 5.44. The maximum atomic E-state index is 13.7. The second-order valence-electron chi connectivity index (χ2n) is 10.2. The molecule has 0 aliphatic carbocycles. The van der Waals surface area contributed by atoms with Crippen molar-refractivity contribution >= 4 is 22.2 Å². The van der Waals surface area contributed by atoms with Gasteiger partial charge in [-0.2, -0.15) is 0 Å². The molecule has 1 N–H and O–H groups in total. The van der Waals surface area contributed by atoms with Crippen LogP contribution in [-0.2, 0) is 29.0 Å². The van der Waals surface area contributed by atoms with E-state index in [1.807, 2.05) is 16.8 Å². The summed E-state index contributed by atoms with van der Waals surface area (Å²) in [6, 6.07) is 12.0. The fraction of sp³-hybridized carbons (Fsp3) is 0.500. The van der Waals surface area contributed by atoms with Crippen LogP contribution in [-0.4, -0.2) is 62.1 Å². The lowest BCUT2D eigenvalue weighted by atomic mass is 10.0. The quantitative estimate of drug-likeness (QED) is 0.327. The zero-order valence-corrected chi connectivity index (χ0v) is 22.5. The van der Waals surface area contributed by atoms with Crippen LogP contribution in [0.25, 0.3) is 10.9 Å². The lowest BCUT2D eigenvalue weighted by Crippen LogP contribution is -2.39. The third-order valence-electron chi connectivity index (χ3n) is 7.61. The number of H-pyrrole nitrogens is 1. The van der Waals surface area contributed by atoms with E-state index in [4.69, 9.17) is 9.47 Å². The maximum Gasteiger partial charge on any atom is 0.253 e. The molecule has 0 bridgehead atoms. The van der Waals surface area contributed by atoms with Crippen LogP contribution in [0.2, 0.25) is 0 Å². The number of hydrogen-bond donors (Lipinski definition) is 1. The van der Waals surface area contributed by atoms with E-state index in [-0.39, 0.29) is 17.8 Å². The fourth-order valence-electron chi connectivity index (χ4n) is 5.63. The molecule has 200 valence electrons. The van der Waals surface area contributed by atoms with Gasteiger partial charge < -0.3 is 14.5 Å². The molecule has 5 heterocycles. The molecule has 3 aromatic heterocycles. The van der Waals surface area contributed by atoms with Gasteiger partial charge in [0.15, 0.2) is 5.82 Å². The summed E-state index contributed by atoms with van der Waals surface area (Å²) >= 11 is 1.71. The number of nitrogens with zero attached hydrogens (tertiary/aromatic N) is 5. The topological polar surface area (TPSA) is 98.2 Å². The minimum Gasteiger partial charge on any atom is -0.377 e. The van der Waals surface area contributed by atoms with Crippen LogP contribution in [0.4, 0.5) is 0 Å². The Morgan fingerprint density at radius 1 is 1.16 bits per heavy atom. The Morgan fingerprint density at radius 2 is 2.00 bits per heavy atom. The van der Waals surface area contributed by atoms with Crippen LogP contribution in [0.3, 0.4) is 0 Å². The zero-order valence-electron chi connectivity index (χ0n) is 21.7. The van der Waals surface area contributed by atoms with Crippen molar-refractivity contribution in [3.05, 3.63) is 74.0 Å². The van der Waals surface area contributed by atoms with Gasteiger partial charge in [0.1, 0.15) is 6.04 Å². The number of benzene rings is 1. The smallest absolute Gasteiger partial charge is 0.253 e. The van der Waals surface area contributed by atoms with Crippen molar-refractivity contribution in [2.45, 2.75) is 70.4 Å². The van der Waals surface area contributed by atoms with E-state index in [1.165, 1.54) is 10.4 Å². The Bertz CT molecular complexity index is 1410. The number of tetrazole rings is 1. The number of rotatable bonds is 10. The molecule has 0 saturated carbocycles. The molecule has 0 spiro atoms. The van der Waals surface area contributed by atoms with Gasteiger partial charge in [-0.3, -0.25) is 9.69 Å². The van der Waals surface area contributed by atoms with Crippen molar-refractivity contribution in [1.82, 2.24) is 30.1 Å². The number of fused-ring (bicyclic) bond motifs is 1. The summed E-state index contributed by atoms with van der Waals surface area (Å²) in [5.74, 6) is 0.659. The van der Waals surface area contributed by atoms with E-state index in [1.54, 1.807) is 11.3 Å². The van der Waals surface area contributed by atoms with Gasteiger partial charge in [0.2, 0.25) is 0 Å². The van der Waals surface area contributed by atoms with E-state index < -0.39 is 6.04 Å². The summed E-state index contributed by atoms with van der Waals surface area (Å²) in [6.45, 7) is 5.59. The minimum absolute atomic E-state index is 0.0730. The van der Waals surface area contributed by atoms with E-state index in [0.717, 1.165) is 56.2 Å². The van der Waals surface area contributed by atoms with Crippen molar-refractivity contribution in [2.24, 2.45) is 0 Å². The van der Waals surface area contributed by atoms with E-state index in [0.29, 0.717) is 31.0 Å². The Morgan fingerprint density at radius 3 is 2.74 bits per heavy atom. The molecule has 1 aromatic carbocycles. The molecule has 2 aliphatic heterocycles. The first-order valence-electron chi connectivity index (χ1n) is 13.6. The highest BCUT2D eigenvalue weighted by Gasteiger charge is 2.34. The van der Waals surface area contributed by atoms with Gasteiger partial charge in [-0.25, -0.2) is 4.68 Å². The first-order valence-corrected chi connectivity index (χ1v) is 14.5. The Hall–Kier alpha value is -2.92. The number of pyridine rings is 1. The van der Waals surface area contributed by atoms with E-state index in [2.05, 4.69) is 62.0 Å². The largest absolute Gasteiger partial charge is 0.377 e. The predicted molar refractivity (Wildman–Crippen MR) is 146 cm³/mol. The van der Waals surface area contributed by atoms with Gasteiger partial charge in [0.25, 0.3) is 5.56 Å². The van der Waals surface area contributed by atoms with Crippen LogP contribution in [0.5, 0.6) is 0 Å². The van der Waals surface area contributed by atoms with Crippen LogP contribution >= 0.6 is 11.3 Å². The second kappa shape index (κ2) is 11.4. The molecule has 38 heavy (non-hydrogen) atoms. The molecule has 4 aromatic rings. The number of nitrogens with one attached hydrogen (secondary N) is 1. The SMILES string of the molecule is CCc1ccc2[nH]c(=O)c([C@H](c3nnnn3C[C@@H]3CCCO3)N(Cc3cccs3)C[C@H]3CCCO3)cc2c1. The molecule has 3 atom stereocenters. The van der Waals surface area contributed by atoms with Crippen LogP contribution in [0, 0.1) is 0 Å². The third-order valence-corrected chi connectivity index (χ3v) is 8.47. The highest BCUT2D eigenvalue weighted by atomic mass is 32.1. The average molecular weight is 535 g/mol. The van der Waals surface area contributed by atoms with Crippen molar-refractivity contribution in [1.29, 1.82) is 0 Å². The lowest BCUT2D eigenvalue weighted by Gasteiger charge is -2.32. The van der Waals surface area contributed by atoms with Crippen molar-refractivity contribution in [3.8, 4) is 0 Å². The van der Waals surface area contributed by atoms with Crippen LogP contribution in [0.1, 0.15) is 60.5 Å². The Kier molecular flexibility index (Phi) is 7.64. The number of hydrogen-bond acceptors (Lipinski definition) is 8. The Labute approximate surface area is 225 Å². The molecular weight excluding hydrogens is 500 g/mol. The van der Waals surface area contributed by atoms with Gasteiger partial charge in [-0.15, -0.1) is 16.4 Å². The van der Waals surface area contributed by atoms with Crippen LogP contribution in [0.15, 0.2) is 46.6 Å². The van der Waals surface area contributed by atoms with Gasteiger partial charge >= 0.3 is 0 Å². The minimum atomic E-state index is -0.448. The van der Waals surface area contributed by atoms with Crippen molar-refractivity contribution in [3.63, 3.8) is 0 Å². The molecule has 0 unspecified atom stereocenters. The summed E-state index contributed by atoms with van der Waals surface area (Å²) in [4.78, 5) is 20.4. The van der Waals surface area contributed by atoms with Gasteiger partial charge in [0.05, 0.1) is 18.8 Å². The average Bonchev–Trinajstić information content (AvgIpc) is 3.74. The van der Waals surface area contributed by atoms with Gasteiger partial charge in [0, 0.05) is 42.3 Å². The molecule has 0 amide bonds. The standard InChI is InChI=1S/C28H34N6O3S/c1-2-19-9-10-25-20(14-19)15-24(28(35)29-25)26(27-30-31-32-34(27)17-22-7-4-12-37-22)33(16-21-6-3-11-36-21)18-23-8-5-13-38-23/h5,8-10,13-15,21-22,26H,2-4,6-7,11-12,16-18H2,1H3,(H,29,35)/t21-,22+,26-/m1/s1. The summed E-state index contributed by atoms with van der Waals surface area (Å²) in [7, 11) is 0. The number of aromatic nitrogens is 5. The number of ether oxygens (including phenoxy) is 2. The van der Waals surface area contributed by atoms with E-state index >= 15 is 0 Å². The van der Waals surface area contributed by atoms with Gasteiger partial charge in [-0.05, 0) is 83.1 Å². The first kappa shape index (κ1) is 25.4. The fourth-order valence-corrected chi connectivity index (χ4v) is 6.36. The number of thiophene rings is 1. The molecule has 10 heteroatoms.